The Bertz CT molecular complexity index is 1040. The molecule has 0 unspecified atom stereocenters. The number of ether oxygens (including phenoxy) is 4. The van der Waals surface area contributed by atoms with E-state index in [0.29, 0.717) is 46.9 Å². The van der Waals surface area contributed by atoms with Crippen molar-refractivity contribution < 1.29 is 33.3 Å². The smallest absolute Gasteiger partial charge is 0.336 e. The van der Waals surface area contributed by atoms with E-state index in [4.69, 9.17) is 18.9 Å². The summed E-state index contributed by atoms with van der Waals surface area (Å²) >= 11 is 0. The van der Waals surface area contributed by atoms with Crippen molar-refractivity contribution in [1.29, 1.82) is 0 Å². The van der Waals surface area contributed by atoms with Gasteiger partial charge in [-0.25, -0.2) is 4.79 Å². The normalized spacial score (nSPS) is 22.0. The minimum atomic E-state index is -0.947. The van der Waals surface area contributed by atoms with E-state index in [-0.39, 0.29) is 31.0 Å². The van der Waals surface area contributed by atoms with Gasteiger partial charge in [-0.05, 0) is 46.1 Å². The first kappa shape index (κ1) is 26.5. The minimum absolute atomic E-state index is 0.0154. The molecule has 0 fully saturated rings. The lowest BCUT2D eigenvalue weighted by Crippen LogP contribution is -2.43. The molecule has 190 valence electrons. The second-order valence-electron chi connectivity index (χ2n) is 9.06. The van der Waals surface area contributed by atoms with Gasteiger partial charge in [0, 0.05) is 22.5 Å². The Morgan fingerprint density at radius 2 is 1.89 bits per heavy atom. The maximum atomic E-state index is 13.8. The highest BCUT2D eigenvalue weighted by atomic mass is 16.6. The molecule has 0 bridgehead atoms. The lowest BCUT2D eigenvalue weighted by Gasteiger charge is -2.38. The molecule has 1 aromatic rings. The fourth-order valence-electron chi connectivity index (χ4n) is 4.76. The summed E-state index contributed by atoms with van der Waals surface area (Å²) in [7, 11) is 1.28. The van der Waals surface area contributed by atoms with Crippen LogP contribution >= 0.6 is 0 Å². The van der Waals surface area contributed by atoms with Crippen LogP contribution in [0.3, 0.4) is 0 Å². The molecular weight excluding hydrogens is 450 g/mol. The van der Waals surface area contributed by atoms with Crippen LogP contribution in [0.25, 0.3) is 0 Å². The average Bonchev–Trinajstić information content (AvgIpc) is 2.81. The summed E-state index contributed by atoms with van der Waals surface area (Å²) in [6.07, 6.45) is 0.484. The van der Waals surface area contributed by atoms with Crippen molar-refractivity contribution in [3.63, 3.8) is 0 Å². The standard InChI is InChI=1S/C27H35NO7/c1-7-33-20-11-9-8-10-18(20)23-22(27(31)35-13-12-34-15(2)3)17(5)28-19-14-16(4)21(26(30)32-6)25(29)24(19)23/h8-11,15-16,21,23,28H,7,12-14H2,1-6H3/t16-,21+,23+/m0/s1. The maximum Gasteiger partial charge on any atom is 0.336 e. The van der Waals surface area contributed by atoms with E-state index in [1.807, 2.05) is 52.0 Å². The summed E-state index contributed by atoms with van der Waals surface area (Å²) in [6, 6.07) is 7.32. The predicted octanol–water partition coefficient (Wildman–Crippen LogP) is 3.67. The van der Waals surface area contributed by atoms with E-state index in [0.717, 1.165) is 0 Å². The van der Waals surface area contributed by atoms with Gasteiger partial charge in [-0.3, -0.25) is 9.59 Å². The highest BCUT2D eigenvalue weighted by molar-refractivity contribution is 6.12. The Morgan fingerprint density at radius 3 is 2.54 bits per heavy atom. The number of benzene rings is 1. The third kappa shape index (κ3) is 5.59. The lowest BCUT2D eigenvalue weighted by molar-refractivity contribution is -0.151. The Morgan fingerprint density at radius 1 is 1.17 bits per heavy atom. The van der Waals surface area contributed by atoms with Crippen LogP contribution < -0.4 is 10.1 Å². The summed E-state index contributed by atoms with van der Waals surface area (Å²) in [5.41, 5.74) is 2.66. The number of carbonyl (C=O) groups is 3. The number of allylic oxidation sites excluding steroid dienone is 3. The number of hydrogen-bond donors (Lipinski definition) is 1. The van der Waals surface area contributed by atoms with E-state index < -0.39 is 23.8 Å². The van der Waals surface area contributed by atoms with Crippen LogP contribution in [0.2, 0.25) is 0 Å². The van der Waals surface area contributed by atoms with E-state index in [1.165, 1.54) is 7.11 Å². The predicted molar refractivity (Wildman–Crippen MR) is 130 cm³/mol. The van der Waals surface area contributed by atoms with E-state index >= 15 is 0 Å². The Labute approximate surface area is 206 Å². The monoisotopic (exact) mass is 485 g/mol. The first-order chi connectivity index (χ1) is 16.7. The van der Waals surface area contributed by atoms with Crippen LogP contribution in [0.1, 0.15) is 52.5 Å². The van der Waals surface area contributed by atoms with Crippen molar-refractivity contribution in [2.45, 2.75) is 53.1 Å². The molecule has 3 atom stereocenters. The lowest BCUT2D eigenvalue weighted by atomic mass is 9.69. The molecule has 8 heteroatoms. The summed E-state index contributed by atoms with van der Waals surface area (Å²) in [5, 5.41) is 3.26. The molecule has 35 heavy (non-hydrogen) atoms. The topological polar surface area (TPSA) is 100 Å². The Balaban J connectivity index is 2.09. The maximum absolute atomic E-state index is 13.8. The first-order valence-electron chi connectivity index (χ1n) is 12.0. The van der Waals surface area contributed by atoms with Crippen LogP contribution in [-0.2, 0) is 28.6 Å². The van der Waals surface area contributed by atoms with Crippen molar-refractivity contribution >= 4 is 17.7 Å². The van der Waals surface area contributed by atoms with Gasteiger partial charge < -0.3 is 24.3 Å². The largest absolute Gasteiger partial charge is 0.494 e. The molecule has 0 amide bonds. The van der Waals surface area contributed by atoms with E-state index in [2.05, 4.69) is 5.32 Å². The molecule has 1 heterocycles. The SMILES string of the molecule is CCOc1ccccc1[C@@H]1C(C(=O)OCCOC(C)C)=C(C)NC2=C1C(=O)[C@H](C(=O)OC)[C@@H](C)C2. The molecule has 3 rings (SSSR count). The summed E-state index contributed by atoms with van der Waals surface area (Å²) in [5.74, 6) is -2.86. The van der Waals surface area contributed by atoms with Crippen molar-refractivity contribution in [1.82, 2.24) is 5.32 Å². The summed E-state index contributed by atoms with van der Waals surface area (Å²) in [4.78, 5) is 39.7. The molecule has 0 saturated heterocycles. The first-order valence-corrected chi connectivity index (χ1v) is 12.0. The zero-order valence-corrected chi connectivity index (χ0v) is 21.3. The van der Waals surface area contributed by atoms with Gasteiger partial charge in [-0.1, -0.05) is 25.1 Å². The zero-order chi connectivity index (χ0) is 25.7. The van der Waals surface area contributed by atoms with Gasteiger partial charge in [-0.2, -0.15) is 0 Å². The average molecular weight is 486 g/mol. The fourth-order valence-corrected chi connectivity index (χ4v) is 4.76. The highest BCUT2D eigenvalue weighted by Crippen LogP contribution is 2.47. The van der Waals surface area contributed by atoms with Crippen LogP contribution in [0.15, 0.2) is 46.8 Å². The van der Waals surface area contributed by atoms with E-state index in [9.17, 15) is 14.4 Å². The number of methoxy groups -OCH3 is 1. The molecule has 0 saturated carbocycles. The molecule has 1 aliphatic heterocycles. The van der Waals surface area contributed by atoms with Crippen LogP contribution in [0.5, 0.6) is 5.75 Å². The number of rotatable bonds is 9. The van der Waals surface area contributed by atoms with Gasteiger partial charge in [0.2, 0.25) is 0 Å². The molecule has 8 nitrogen and oxygen atoms in total. The van der Waals surface area contributed by atoms with E-state index in [1.54, 1.807) is 6.92 Å². The van der Waals surface area contributed by atoms with Gasteiger partial charge in [0.05, 0.1) is 37.9 Å². The van der Waals surface area contributed by atoms with Gasteiger partial charge in [0.25, 0.3) is 0 Å². The number of nitrogens with one attached hydrogen (secondary N) is 1. The van der Waals surface area contributed by atoms with Crippen LogP contribution in [0.4, 0.5) is 0 Å². The number of para-hydroxylation sites is 1. The Hall–Kier alpha value is -3.13. The quantitative estimate of drug-likeness (QED) is 0.321. The number of ketones is 1. The van der Waals surface area contributed by atoms with Crippen molar-refractivity contribution in [2.24, 2.45) is 11.8 Å². The van der Waals surface area contributed by atoms with Crippen LogP contribution in [0, 0.1) is 11.8 Å². The second-order valence-corrected chi connectivity index (χ2v) is 9.06. The molecule has 1 aliphatic carbocycles. The van der Waals surface area contributed by atoms with Gasteiger partial charge >= 0.3 is 11.9 Å². The molecule has 1 aromatic carbocycles. The highest BCUT2D eigenvalue weighted by Gasteiger charge is 2.47. The molecular formula is C27H35NO7. The van der Waals surface area contributed by atoms with Gasteiger partial charge in [-0.15, -0.1) is 0 Å². The second kappa shape index (κ2) is 11.5. The molecule has 0 radical (unpaired) electrons. The zero-order valence-electron chi connectivity index (χ0n) is 21.3. The Kier molecular flexibility index (Phi) is 8.72. The fraction of sp³-hybridized carbons (Fsp3) is 0.519. The van der Waals surface area contributed by atoms with Crippen molar-refractivity contribution in [3.8, 4) is 5.75 Å². The number of Topliss-reactive ketones (excluding diaryl/α,β-unsaturated/α-hetero) is 1. The number of dihydropyridines is 1. The molecule has 0 aromatic heterocycles. The summed E-state index contributed by atoms with van der Waals surface area (Å²) < 4.78 is 21.9. The summed E-state index contributed by atoms with van der Waals surface area (Å²) in [6.45, 7) is 10.1. The number of hydrogen-bond acceptors (Lipinski definition) is 8. The number of carbonyl (C=O) groups excluding carboxylic acids is 3. The molecule has 2 aliphatic rings. The van der Waals surface area contributed by atoms with Gasteiger partial charge in [0.1, 0.15) is 18.3 Å². The third-order valence-corrected chi connectivity index (χ3v) is 6.26. The van der Waals surface area contributed by atoms with Crippen molar-refractivity contribution in [3.05, 3.63) is 52.4 Å². The third-order valence-electron chi connectivity index (χ3n) is 6.26. The van der Waals surface area contributed by atoms with Crippen LogP contribution in [-0.4, -0.2) is 50.8 Å². The minimum Gasteiger partial charge on any atom is -0.494 e. The molecule has 0 spiro atoms. The van der Waals surface area contributed by atoms with Gasteiger partial charge in [0.15, 0.2) is 5.78 Å². The van der Waals surface area contributed by atoms with Crippen molar-refractivity contribution in [2.75, 3.05) is 26.9 Å². The molecule has 1 N–H and O–H groups in total. The number of esters is 2.